The number of benzene rings is 2. The molecule has 0 aliphatic carbocycles. The second-order valence-electron chi connectivity index (χ2n) is 7.72. The molecule has 0 spiro atoms. The van der Waals surface area contributed by atoms with Gasteiger partial charge in [0.2, 0.25) is 4.77 Å². The summed E-state index contributed by atoms with van der Waals surface area (Å²) >= 11 is 5.35. The lowest BCUT2D eigenvalue weighted by atomic mass is 9.87. The largest absolute Gasteiger partial charge is 0.378 e. The Bertz CT molecular complexity index is 987. The van der Waals surface area contributed by atoms with E-state index in [1.54, 1.807) is 10.9 Å². The van der Waals surface area contributed by atoms with E-state index in [-0.39, 0.29) is 5.41 Å². The lowest BCUT2D eigenvalue weighted by Crippen LogP contribution is -2.10. The topological polar surface area (TPSA) is 49.2 Å². The van der Waals surface area contributed by atoms with Gasteiger partial charge in [0.25, 0.3) is 0 Å². The third-order valence-electron chi connectivity index (χ3n) is 4.39. The zero-order valence-electron chi connectivity index (χ0n) is 16.4. The lowest BCUT2D eigenvalue weighted by molar-refractivity contribution is 0.590. The average Bonchev–Trinajstić information content (AvgIpc) is 3.00. The Hall–Kier alpha value is -2.73. The molecule has 0 aliphatic heterocycles. The molecule has 1 heterocycles. The fourth-order valence-corrected chi connectivity index (χ4v) is 2.87. The summed E-state index contributed by atoms with van der Waals surface area (Å²) in [5.74, 6) is 0.696. The van der Waals surface area contributed by atoms with Crippen molar-refractivity contribution >= 4 is 24.1 Å². The summed E-state index contributed by atoms with van der Waals surface area (Å²) in [6.07, 6.45) is 1.79. The van der Waals surface area contributed by atoms with Gasteiger partial charge in [-0.1, -0.05) is 57.2 Å². The highest BCUT2D eigenvalue weighted by atomic mass is 32.1. The van der Waals surface area contributed by atoms with Crippen molar-refractivity contribution in [1.82, 2.24) is 14.9 Å². The van der Waals surface area contributed by atoms with Gasteiger partial charge in [-0.2, -0.15) is 14.9 Å². The number of aromatic amines is 1. The summed E-state index contributed by atoms with van der Waals surface area (Å²) in [5.41, 5.74) is 4.50. The van der Waals surface area contributed by atoms with Crippen molar-refractivity contribution in [3.8, 4) is 11.4 Å². The minimum absolute atomic E-state index is 0.111. The van der Waals surface area contributed by atoms with Gasteiger partial charge in [0.1, 0.15) is 0 Å². The second kappa shape index (κ2) is 7.48. The average molecular weight is 380 g/mol. The maximum absolute atomic E-state index is 5.35. The molecule has 1 aromatic heterocycles. The SMILES string of the molecule is CN(C)c1ccc(C=Nn2c(-c3ccc(C(C)(C)C)cc3)n[nH]c2=S)cc1. The number of nitrogens with one attached hydrogen (secondary N) is 1. The monoisotopic (exact) mass is 379 g/mol. The molecule has 0 aliphatic rings. The molecule has 1 N–H and O–H groups in total. The Kier molecular flexibility index (Phi) is 5.28. The number of hydrogen-bond acceptors (Lipinski definition) is 4. The van der Waals surface area contributed by atoms with Gasteiger partial charge in [0, 0.05) is 25.3 Å². The molecule has 140 valence electrons. The van der Waals surface area contributed by atoms with E-state index in [2.05, 4.69) is 77.4 Å². The third kappa shape index (κ3) is 4.34. The molecule has 5 nitrogen and oxygen atoms in total. The molecule has 6 heteroatoms. The van der Waals surface area contributed by atoms with E-state index in [0.29, 0.717) is 10.6 Å². The Morgan fingerprint density at radius 3 is 2.22 bits per heavy atom. The van der Waals surface area contributed by atoms with Crippen LogP contribution >= 0.6 is 12.2 Å². The van der Waals surface area contributed by atoms with Crippen molar-refractivity contribution in [2.75, 3.05) is 19.0 Å². The number of anilines is 1. The van der Waals surface area contributed by atoms with Crippen molar-refractivity contribution in [1.29, 1.82) is 0 Å². The van der Waals surface area contributed by atoms with Crippen LogP contribution < -0.4 is 4.90 Å². The Balaban J connectivity index is 1.90. The molecule has 2 aromatic carbocycles. The van der Waals surface area contributed by atoms with E-state index in [9.17, 15) is 0 Å². The summed E-state index contributed by atoms with van der Waals surface area (Å²) in [6.45, 7) is 6.60. The van der Waals surface area contributed by atoms with Crippen LogP contribution in [-0.4, -0.2) is 35.2 Å². The van der Waals surface area contributed by atoms with E-state index in [1.807, 2.05) is 26.2 Å². The van der Waals surface area contributed by atoms with Gasteiger partial charge in [0.15, 0.2) is 5.82 Å². The van der Waals surface area contributed by atoms with Crippen LogP contribution in [0.3, 0.4) is 0 Å². The number of aromatic nitrogens is 3. The lowest BCUT2D eigenvalue weighted by Gasteiger charge is -2.18. The highest BCUT2D eigenvalue weighted by molar-refractivity contribution is 7.71. The first-order chi connectivity index (χ1) is 12.8. The molecule has 0 fully saturated rings. The Morgan fingerprint density at radius 2 is 1.67 bits per heavy atom. The fraction of sp³-hybridized carbons (Fsp3) is 0.286. The molecule has 3 rings (SSSR count). The third-order valence-corrected chi connectivity index (χ3v) is 4.66. The van der Waals surface area contributed by atoms with Crippen LogP contribution in [0.15, 0.2) is 53.6 Å². The van der Waals surface area contributed by atoms with Crippen LogP contribution in [0, 0.1) is 4.77 Å². The number of H-pyrrole nitrogens is 1. The Labute approximate surface area is 165 Å². The summed E-state index contributed by atoms with van der Waals surface area (Å²) in [5, 5.41) is 11.7. The minimum atomic E-state index is 0.111. The minimum Gasteiger partial charge on any atom is -0.378 e. The summed E-state index contributed by atoms with van der Waals surface area (Å²) in [7, 11) is 4.04. The number of nitrogens with zero attached hydrogens (tertiary/aromatic N) is 4. The first kappa shape index (κ1) is 19.0. The molecule has 0 saturated heterocycles. The van der Waals surface area contributed by atoms with Crippen molar-refractivity contribution in [2.45, 2.75) is 26.2 Å². The quantitative estimate of drug-likeness (QED) is 0.520. The maximum Gasteiger partial charge on any atom is 0.216 e. The Morgan fingerprint density at radius 1 is 1.04 bits per heavy atom. The van der Waals surface area contributed by atoms with Gasteiger partial charge < -0.3 is 4.90 Å². The summed E-state index contributed by atoms with van der Waals surface area (Å²) < 4.78 is 2.12. The summed E-state index contributed by atoms with van der Waals surface area (Å²) in [6, 6.07) is 16.5. The van der Waals surface area contributed by atoms with Crippen LogP contribution in [0.4, 0.5) is 5.69 Å². The number of hydrogen-bond donors (Lipinski definition) is 1. The smallest absolute Gasteiger partial charge is 0.216 e. The van der Waals surface area contributed by atoms with E-state index in [0.717, 1.165) is 16.8 Å². The van der Waals surface area contributed by atoms with E-state index in [1.165, 1.54) is 5.56 Å². The molecule has 0 amide bonds. The highest BCUT2D eigenvalue weighted by Crippen LogP contribution is 2.25. The van der Waals surface area contributed by atoms with Crippen molar-refractivity contribution in [2.24, 2.45) is 5.10 Å². The van der Waals surface area contributed by atoms with Crippen LogP contribution in [0.2, 0.25) is 0 Å². The zero-order chi connectivity index (χ0) is 19.6. The van der Waals surface area contributed by atoms with Gasteiger partial charge in [0.05, 0.1) is 6.21 Å². The van der Waals surface area contributed by atoms with Gasteiger partial charge in [-0.3, -0.25) is 0 Å². The molecule has 0 atom stereocenters. The van der Waals surface area contributed by atoms with Crippen LogP contribution in [0.25, 0.3) is 11.4 Å². The molecule has 27 heavy (non-hydrogen) atoms. The molecule has 0 unspecified atom stereocenters. The van der Waals surface area contributed by atoms with Crippen LogP contribution in [0.5, 0.6) is 0 Å². The maximum atomic E-state index is 5.35. The summed E-state index contributed by atoms with van der Waals surface area (Å²) in [4.78, 5) is 2.06. The second-order valence-corrected chi connectivity index (χ2v) is 8.11. The highest BCUT2D eigenvalue weighted by Gasteiger charge is 2.14. The number of rotatable bonds is 4. The standard InChI is InChI=1S/C21H25N5S/c1-21(2,3)17-10-8-16(9-11-17)19-23-24-20(27)26(19)22-14-15-6-12-18(13-7-15)25(4)5/h6-14H,1-5H3,(H,24,27). The normalized spacial score (nSPS) is 11.9. The molecular formula is C21H25N5S. The van der Waals surface area contributed by atoms with Crippen molar-refractivity contribution < 1.29 is 0 Å². The fourth-order valence-electron chi connectivity index (χ4n) is 2.69. The van der Waals surface area contributed by atoms with E-state index < -0.39 is 0 Å². The zero-order valence-corrected chi connectivity index (χ0v) is 17.2. The van der Waals surface area contributed by atoms with Crippen LogP contribution in [-0.2, 0) is 5.41 Å². The molecule has 0 radical (unpaired) electrons. The predicted octanol–water partition coefficient (Wildman–Crippen LogP) is 4.85. The van der Waals surface area contributed by atoms with Crippen LogP contribution in [0.1, 0.15) is 31.9 Å². The van der Waals surface area contributed by atoms with Crippen molar-refractivity contribution in [3.63, 3.8) is 0 Å². The molecular weight excluding hydrogens is 354 g/mol. The molecule has 3 aromatic rings. The van der Waals surface area contributed by atoms with Gasteiger partial charge >= 0.3 is 0 Å². The van der Waals surface area contributed by atoms with Gasteiger partial charge in [-0.05, 0) is 40.9 Å². The first-order valence-electron chi connectivity index (χ1n) is 8.86. The van der Waals surface area contributed by atoms with E-state index in [4.69, 9.17) is 12.2 Å². The first-order valence-corrected chi connectivity index (χ1v) is 9.26. The molecule has 0 saturated carbocycles. The molecule has 0 bridgehead atoms. The van der Waals surface area contributed by atoms with Gasteiger partial charge in [-0.25, -0.2) is 5.10 Å². The van der Waals surface area contributed by atoms with E-state index >= 15 is 0 Å². The predicted molar refractivity (Wildman–Crippen MR) is 115 cm³/mol. The van der Waals surface area contributed by atoms with Crippen molar-refractivity contribution in [3.05, 3.63) is 64.4 Å². The van der Waals surface area contributed by atoms with Gasteiger partial charge in [-0.15, -0.1) is 0 Å².